The number of hydrogen-bond donors (Lipinski definition) is 0. The molecule has 0 unspecified atom stereocenters. The van der Waals surface area contributed by atoms with Gasteiger partial charge < -0.3 is 0 Å². The topological polar surface area (TPSA) is 46.1 Å². The number of carbonyl (C=O) groups excluding carboxylic acids is 1. The van der Waals surface area contributed by atoms with E-state index in [0.717, 1.165) is 42.5 Å². The second-order valence-corrected chi connectivity index (χ2v) is 7.46. The van der Waals surface area contributed by atoms with Crippen LogP contribution >= 0.6 is 0 Å². The van der Waals surface area contributed by atoms with Crippen LogP contribution < -0.4 is 0 Å². The van der Waals surface area contributed by atoms with Gasteiger partial charge in [-0.05, 0) is 62.0 Å². The molecule has 2 aromatic carbocycles. The number of carbonyl (C=O) groups is 1. The van der Waals surface area contributed by atoms with E-state index in [4.69, 9.17) is 0 Å². The zero-order valence-electron chi connectivity index (χ0n) is 15.6. The molecular formula is C23H25N3O. The van der Waals surface area contributed by atoms with Crippen LogP contribution in [0.4, 0.5) is 0 Å². The molecular weight excluding hydrogens is 334 g/mol. The maximum Gasteiger partial charge on any atom is 0.162 e. The van der Waals surface area contributed by atoms with Crippen molar-refractivity contribution in [3.8, 4) is 0 Å². The fourth-order valence-corrected chi connectivity index (χ4v) is 3.91. The minimum Gasteiger partial charge on any atom is -0.299 e. The van der Waals surface area contributed by atoms with Crippen LogP contribution in [0.1, 0.15) is 41.6 Å². The van der Waals surface area contributed by atoms with Crippen molar-refractivity contribution >= 4 is 16.7 Å². The van der Waals surface area contributed by atoms with Gasteiger partial charge in [-0.2, -0.15) is 0 Å². The molecule has 1 fully saturated rings. The van der Waals surface area contributed by atoms with E-state index >= 15 is 0 Å². The highest BCUT2D eigenvalue weighted by Crippen LogP contribution is 2.24. The molecule has 1 aliphatic rings. The van der Waals surface area contributed by atoms with Gasteiger partial charge in [-0.15, -0.1) is 0 Å². The van der Waals surface area contributed by atoms with E-state index in [1.807, 2.05) is 18.2 Å². The number of piperidine rings is 1. The summed E-state index contributed by atoms with van der Waals surface area (Å²) in [5.74, 6) is 0.886. The SMILES string of the molecule is O=C(CCC1CCN(Cc2ccccc2)CC1)c1ccc2ncncc2c1. The molecule has 2 heterocycles. The number of nitrogens with zero attached hydrogens (tertiary/aromatic N) is 3. The normalized spacial score (nSPS) is 15.9. The van der Waals surface area contributed by atoms with E-state index < -0.39 is 0 Å². The predicted octanol–water partition coefficient (Wildman–Crippen LogP) is 4.50. The first-order valence-electron chi connectivity index (χ1n) is 9.77. The molecule has 0 bridgehead atoms. The van der Waals surface area contributed by atoms with Gasteiger partial charge in [-0.3, -0.25) is 9.69 Å². The first-order chi connectivity index (χ1) is 13.3. The van der Waals surface area contributed by atoms with E-state index in [1.165, 1.54) is 24.7 Å². The Labute approximate surface area is 160 Å². The van der Waals surface area contributed by atoms with Crippen molar-refractivity contribution in [1.29, 1.82) is 0 Å². The standard InChI is InChI=1S/C23H25N3O/c27-23(20-7-8-22-21(14-20)15-24-17-25-22)9-6-18-10-12-26(13-11-18)16-19-4-2-1-3-5-19/h1-5,7-8,14-15,17-18H,6,9-13,16H2. The quantitative estimate of drug-likeness (QED) is 0.608. The van der Waals surface area contributed by atoms with Crippen LogP contribution in [-0.2, 0) is 6.54 Å². The predicted molar refractivity (Wildman–Crippen MR) is 108 cm³/mol. The van der Waals surface area contributed by atoms with Gasteiger partial charge >= 0.3 is 0 Å². The molecule has 0 saturated carbocycles. The Morgan fingerprint density at radius 3 is 2.70 bits per heavy atom. The molecule has 27 heavy (non-hydrogen) atoms. The third-order valence-corrected chi connectivity index (χ3v) is 5.56. The molecule has 0 N–H and O–H groups in total. The Bertz CT molecular complexity index is 902. The second-order valence-electron chi connectivity index (χ2n) is 7.46. The van der Waals surface area contributed by atoms with Crippen LogP contribution in [0.15, 0.2) is 61.1 Å². The van der Waals surface area contributed by atoms with Crippen molar-refractivity contribution in [1.82, 2.24) is 14.9 Å². The number of Topliss-reactive ketones (excluding diaryl/α,β-unsaturated/α-hetero) is 1. The summed E-state index contributed by atoms with van der Waals surface area (Å²) in [5.41, 5.74) is 3.04. The zero-order valence-corrected chi connectivity index (χ0v) is 15.6. The molecule has 138 valence electrons. The molecule has 0 amide bonds. The van der Waals surface area contributed by atoms with Gasteiger partial charge in [0.05, 0.1) is 5.52 Å². The largest absolute Gasteiger partial charge is 0.299 e. The summed E-state index contributed by atoms with van der Waals surface area (Å²) in [7, 11) is 0. The van der Waals surface area contributed by atoms with Crippen molar-refractivity contribution in [2.24, 2.45) is 5.92 Å². The van der Waals surface area contributed by atoms with Crippen LogP contribution in [0.2, 0.25) is 0 Å². The molecule has 3 aromatic rings. The van der Waals surface area contributed by atoms with E-state index in [0.29, 0.717) is 12.3 Å². The summed E-state index contributed by atoms with van der Waals surface area (Å²) in [6.07, 6.45) is 7.29. The molecule has 0 radical (unpaired) electrons. The Balaban J connectivity index is 1.26. The van der Waals surface area contributed by atoms with Gasteiger partial charge in [0, 0.05) is 30.1 Å². The first kappa shape index (κ1) is 17.8. The van der Waals surface area contributed by atoms with Crippen molar-refractivity contribution in [2.75, 3.05) is 13.1 Å². The fourth-order valence-electron chi connectivity index (χ4n) is 3.91. The number of hydrogen-bond acceptors (Lipinski definition) is 4. The van der Waals surface area contributed by atoms with Gasteiger partial charge in [0.15, 0.2) is 5.78 Å². The number of likely N-dealkylation sites (tertiary alicyclic amines) is 1. The molecule has 1 saturated heterocycles. The highest BCUT2D eigenvalue weighted by atomic mass is 16.1. The minimum absolute atomic E-state index is 0.229. The van der Waals surface area contributed by atoms with Crippen LogP contribution in [0.5, 0.6) is 0 Å². The van der Waals surface area contributed by atoms with Gasteiger partial charge in [-0.25, -0.2) is 9.97 Å². The molecule has 4 nitrogen and oxygen atoms in total. The summed E-state index contributed by atoms with van der Waals surface area (Å²) >= 11 is 0. The number of fused-ring (bicyclic) bond motifs is 1. The summed E-state index contributed by atoms with van der Waals surface area (Å²) in [6, 6.07) is 16.4. The van der Waals surface area contributed by atoms with Crippen molar-refractivity contribution in [3.63, 3.8) is 0 Å². The van der Waals surface area contributed by atoms with Gasteiger partial charge in [0.25, 0.3) is 0 Å². The van der Waals surface area contributed by atoms with Gasteiger partial charge in [0.1, 0.15) is 6.33 Å². The van der Waals surface area contributed by atoms with E-state index in [-0.39, 0.29) is 5.78 Å². The summed E-state index contributed by atoms with van der Waals surface area (Å²) in [4.78, 5) is 23.4. The number of benzene rings is 2. The third kappa shape index (κ3) is 4.58. The van der Waals surface area contributed by atoms with Crippen LogP contribution in [0, 0.1) is 5.92 Å². The van der Waals surface area contributed by atoms with Crippen molar-refractivity contribution in [3.05, 3.63) is 72.2 Å². The minimum atomic E-state index is 0.229. The maximum absolute atomic E-state index is 12.6. The smallest absolute Gasteiger partial charge is 0.162 e. The molecule has 0 aliphatic carbocycles. The molecule has 0 spiro atoms. The van der Waals surface area contributed by atoms with Crippen molar-refractivity contribution in [2.45, 2.75) is 32.2 Å². The molecule has 1 aromatic heterocycles. The summed E-state index contributed by atoms with van der Waals surface area (Å²) in [5, 5.41) is 0.928. The van der Waals surface area contributed by atoms with Crippen LogP contribution in [-0.4, -0.2) is 33.7 Å². The molecule has 4 heteroatoms. The Morgan fingerprint density at radius 2 is 1.89 bits per heavy atom. The molecule has 1 aliphatic heterocycles. The van der Waals surface area contributed by atoms with E-state index in [2.05, 4.69) is 45.2 Å². The lowest BCUT2D eigenvalue weighted by Gasteiger charge is -2.32. The Kier molecular flexibility index (Phi) is 5.54. The molecule has 4 rings (SSSR count). The summed E-state index contributed by atoms with van der Waals surface area (Å²) in [6.45, 7) is 3.29. The fraction of sp³-hybridized carbons (Fsp3) is 0.348. The third-order valence-electron chi connectivity index (χ3n) is 5.56. The summed E-state index contributed by atoms with van der Waals surface area (Å²) < 4.78 is 0. The Morgan fingerprint density at radius 1 is 1.07 bits per heavy atom. The van der Waals surface area contributed by atoms with Crippen LogP contribution in [0.25, 0.3) is 10.9 Å². The maximum atomic E-state index is 12.6. The molecule has 0 atom stereocenters. The van der Waals surface area contributed by atoms with Gasteiger partial charge in [-0.1, -0.05) is 30.3 Å². The highest BCUT2D eigenvalue weighted by Gasteiger charge is 2.20. The van der Waals surface area contributed by atoms with Gasteiger partial charge in [0.2, 0.25) is 0 Å². The average molecular weight is 359 g/mol. The highest BCUT2D eigenvalue weighted by molar-refractivity contribution is 5.99. The number of ketones is 1. The lowest BCUT2D eigenvalue weighted by atomic mass is 9.90. The zero-order chi connectivity index (χ0) is 18.5. The second kappa shape index (κ2) is 8.40. The lowest BCUT2D eigenvalue weighted by molar-refractivity contribution is 0.0961. The number of aromatic nitrogens is 2. The number of rotatable bonds is 6. The Hall–Kier alpha value is -2.59. The van der Waals surface area contributed by atoms with E-state index in [9.17, 15) is 4.79 Å². The van der Waals surface area contributed by atoms with Crippen LogP contribution in [0.3, 0.4) is 0 Å². The van der Waals surface area contributed by atoms with Crippen molar-refractivity contribution < 1.29 is 4.79 Å². The van der Waals surface area contributed by atoms with E-state index in [1.54, 1.807) is 6.20 Å². The lowest BCUT2D eigenvalue weighted by Crippen LogP contribution is -2.33. The first-order valence-corrected chi connectivity index (χ1v) is 9.77. The monoisotopic (exact) mass is 359 g/mol. The average Bonchev–Trinajstić information content (AvgIpc) is 2.73.